The molecular formula is C11H12F3NO3S. The average Bonchev–Trinajstić information content (AvgIpc) is 2.71. The Hall–Kier alpha value is -1.57. The zero-order chi connectivity index (χ0) is 14.6. The van der Waals surface area contributed by atoms with Crippen LogP contribution >= 0.6 is 11.3 Å². The summed E-state index contributed by atoms with van der Waals surface area (Å²) >= 11 is 0.925. The molecule has 0 aliphatic heterocycles. The quantitative estimate of drug-likeness (QED) is 0.869. The number of hydrogen-bond acceptors (Lipinski definition) is 4. The zero-order valence-corrected chi connectivity index (χ0v) is 11.1. The Kier molecular flexibility index (Phi) is 4.93. The number of anilines is 1. The number of ether oxygens (including phenoxy) is 1. The van der Waals surface area contributed by atoms with Gasteiger partial charge in [0.2, 0.25) is 0 Å². The second kappa shape index (κ2) is 6.05. The van der Waals surface area contributed by atoms with Crippen LogP contribution in [0.15, 0.2) is 6.07 Å². The zero-order valence-electron chi connectivity index (χ0n) is 10.3. The maximum atomic E-state index is 12.2. The minimum Gasteiger partial charge on any atom is -0.462 e. The lowest BCUT2D eigenvalue weighted by Crippen LogP contribution is -2.30. The molecule has 8 heteroatoms. The summed E-state index contributed by atoms with van der Waals surface area (Å²) in [5.74, 6) is -2.86. The summed E-state index contributed by atoms with van der Waals surface area (Å²) in [6.07, 6.45) is -4.46. The van der Waals surface area contributed by atoms with E-state index in [1.807, 2.05) is 0 Å². The third-order valence-electron chi connectivity index (χ3n) is 2.11. The molecule has 0 saturated carbocycles. The van der Waals surface area contributed by atoms with Gasteiger partial charge in [-0.05, 0) is 19.4 Å². The number of amides is 1. The molecule has 1 rings (SSSR count). The summed E-state index contributed by atoms with van der Waals surface area (Å²) in [5.41, 5.74) is -0.0544. The Morgan fingerprint density at radius 1 is 1.37 bits per heavy atom. The van der Waals surface area contributed by atoms with Crippen LogP contribution in [0.5, 0.6) is 0 Å². The van der Waals surface area contributed by atoms with Gasteiger partial charge >= 0.3 is 18.1 Å². The van der Waals surface area contributed by atoms with Crippen molar-refractivity contribution in [2.45, 2.75) is 26.4 Å². The molecule has 0 aromatic carbocycles. The van der Waals surface area contributed by atoms with Crippen LogP contribution in [0.2, 0.25) is 0 Å². The van der Waals surface area contributed by atoms with E-state index in [2.05, 4.69) is 0 Å². The predicted octanol–water partition coefficient (Wildman–Crippen LogP) is 2.99. The van der Waals surface area contributed by atoms with Gasteiger partial charge in [0.25, 0.3) is 0 Å². The fourth-order valence-electron chi connectivity index (χ4n) is 1.24. The molecule has 19 heavy (non-hydrogen) atoms. The van der Waals surface area contributed by atoms with Crippen LogP contribution in [-0.4, -0.2) is 24.7 Å². The molecule has 0 atom stereocenters. The monoisotopic (exact) mass is 295 g/mol. The number of aryl methyl sites for hydroxylation is 1. The van der Waals surface area contributed by atoms with E-state index in [-0.39, 0.29) is 17.2 Å². The van der Waals surface area contributed by atoms with Gasteiger partial charge in [0.05, 0.1) is 12.2 Å². The smallest absolute Gasteiger partial charge is 0.462 e. The van der Waals surface area contributed by atoms with Crippen LogP contribution < -0.4 is 5.32 Å². The normalized spacial score (nSPS) is 11.2. The Labute approximate surface area is 111 Å². The van der Waals surface area contributed by atoms with Gasteiger partial charge in [-0.2, -0.15) is 13.2 Å². The summed E-state index contributed by atoms with van der Waals surface area (Å²) in [4.78, 5) is 23.1. The maximum absolute atomic E-state index is 12.2. The molecular weight excluding hydrogens is 283 g/mol. The number of thiophene rings is 1. The van der Waals surface area contributed by atoms with Crippen molar-refractivity contribution in [1.82, 2.24) is 0 Å². The molecule has 0 fully saturated rings. The van der Waals surface area contributed by atoms with Crippen molar-refractivity contribution in [3.63, 3.8) is 0 Å². The molecule has 0 aliphatic carbocycles. The van der Waals surface area contributed by atoms with E-state index < -0.39 is 18.1 Å². The van der Waals surface area contributed by atoms with Gasteiger partial charge in [-0.15, -0.1) is 11.3 Å². The average molecular weight is 295 g/mol. The number of nitrogens with one attached hydrogen (secondary N) is 1. The van der Waals surface area contributed by atoms with E-state index in [4.69, 9.17) is 4.74 Å². The van der Waals surface area contributed by atoms with Gasteiger partial charge in [0, 0.05) is 4.88 Å². The first-order valence-corrected chi connectivity index (χ1v) is 6.29. The number of halogens is 3. The van der Waals surface area contributed by atoms with Crippen molar-refractivity contribution in [3.05, 3.63) is 16.5 Å². The molecule has 1 N–H and O–H groups in total. The number of carbonyl (C=O) groups excluding carboxylic acids is 2. The molecule has 1 amide bonds. The summed E-state index contributed by atoms with van der Waals surface area (Å²) in [5, 5.41) is 1.56. The van der Waals surface area contributed by atoms with E-state index in [0.717, 1.165) is 11.3 Å². The summed E-state index contributed by atoms with van der Waals surface area (Å²) in [6.45, 7) is 3.47. The maximum Gasteiger partial charge on any atom is 0.471 e. The SMILES string of the molecule is CCOC(=O)c1cc(CC)sc1NC(=O)C(F)(F)F. The third-order valence-corrected chi connectivity index (χ3v) is 3.31. The van der Waals surface area contributed by atoms with Gasteiger partial charge in [-0.1, -0.05) is 6.92 Å². The summed E-state index contributed by atoms with van der Waals surface area (Å²) < 4.78 is 41.3. The highest BCUT2D eigenvalue weighted by molar-refractivity contribution is 7.16. The first kappa shape index (κ1) is 15.5. The first-order chi connectivity index (χ1) is 8.79. The van der Waals surface area contributed by atoms with Crippen molar-refractivity contribution >= 4 is 28.2 Å². The molecule has 1 aromatic rings. The number of alkyl halides is 3. The van der Waals surface area contributed by atoms with E-state index in [9.17, 15) is 22.8 Å². The second-order valence-corrected chi connectivity index (χ2v) is 4.62. The Morgan fingerprint density at radius 3 is 2.47 bits per heavy atom. The lowest BCUT2D eigenvalue weighted by molar-refractivity contribution is -0.167. The van der Waals surface area contributed by atoms with E-state index in [0.29, 0.717) is 11.3 Å². The molecule has 0 radical (unpaired) electrons. The molecule has 4 nitrogen and oxygen atoms in total. The molecule has 0 aliphatic rings. The number of hydrogen-bond donors (Lipinski definition) is 1. The van der Waals surface area contributed by atoms with Crippen molar-refractivity contribution in [2.75, 3.05) is 11.9 Å². The second-order valence-electron chi connectivity index (χ2n) is 3.48. The lowest BCUT2D eigenvalue weighted by atomic mass is 10.2. The van der Waals surface area contributed by atoms with Crippen LogP contribution in [0.3, 0.4) is 0 Å². The Bertz CT molecular complexity index is 482. The van der Waals surface area contributed by atoms with Gasteiger partial charge in [-0.3, -0.25) is 4.79 Å². The fourth-order valence-corrected chi connectivity index (χ4v) is 2.22. The van der Waals surface area contributed by atoms with E-state index in [1.54, 1.807) is 19.2 Å². The lowest BCUT2D eigenvalue weighted by Gasteiger charge is -2.07. The van der Waals surface area contributed by atoms with Crippen LogP contribution in [0.4, 0.5) is 18.2 Å². The minimum atomic E-state index is -5.00. The highest BCUT2D eigenvalue weighted by Crippen LogP contribution is 2.30. The predicted molar refractivity (Wildman–Crippen MR) is 64.3 cm³/mol. The molecule has 0 bridgehead atoms. The first-order valence-electron chi connectivity index (χ1n) is 5.47. The fraction of sp³-hybridized carbons (Fsp3) is 0.455. The van der Waals surface area contributed by atoms with Crippen molar-refractivity contribution in [2.24, 2.45) is 0 Å². The van der Waals surface area contributed by atoms with Crippen LogP contribution in [0.1, 0.15) is 29.1 Å². The molecule has 0 saturated heterocycles. The van der Waals surface area contributed by atoms with Gasteiger partial charge in [-0.25, -0.2) is 4.79 Å². The van der Waals surface area contributed by atoms with Crippen LogP contribution in [-0.2, 0) is 16.0 Å². The number of carbonyl (C=O) groups is 2. The van der Waals surface area contributed by atoms with Crippen molar-refractivity contribution < 1.29 is 27.5 Å². The van der Waals surface area contributed by atoms with E-state index >= 15 is 0 Å². The highest BCUT2D eigenvalue weighted by atomic mass is 32.1. The van der Waals surface area contributed by atoms with Gasteiger partial charge in [0.1, 0.15) is 5.00 Å². The largest absolute Gasteiger partial charge is 0.471 e. The van der Waals surface area contributed by atoms with E-state index in [1.165, 1.54) is 6.07 Å². The molecule has 1 aromatic heterocycles. The summed E-state index contributed by atoms with van der Waals surface area (Å²) in [7, 11) is 0. The van der Waals surface area contributed by atoms with Crippen molar-refractivity contribution in [3.8, 4) is 0 Å². The third kappa shape index (κ3) is 3.95. The molecule has 1 heterocycles. The highest BCUT2D eigenvalue weighted by Gasteiger charge is 2.39. The Morgan fingerprint density at radius 2 is 2.00 bits per heavy atom. The van der Waals surface area contributed by atoms with Crippen LogP contribution in [0.25, 0.3) is 0 Å². The number of rotatable bonds is 4. The minimum absolute atomic E-state index is 0.0544. The Balaban J connectivity index is 3.02. The number of esters is 1. The van der Waals surface area contributed by atoms with Gasteiger partial charge in [0.15, 0.2) is 0 Å². The summed E-state index contributed by atoms with van der Waals surface area (Å²) in [6, 6.07) is 1.43. The van der Waals surface area contributed by atoms with Gasteiger partial charge < -0.3 is 10.1 Å². The molecule has 0 spiro atoms. The standard InChI is InChI=1S/C11H12F3NO3S/c1-3-6-5-7(9(16)18-4-2)8(19-6)15-10(17)11(12,13)14/h5H,3-4H2,1-2H3,(H,15,17). The topological polar surface area (TPSA) is 55.4 Å². The molecule has 0 unspecified atom stereocenters. The molecule has 106 valence electrons. The van der Waals surface area contributed by atoms with Crippen molar-refractivity contribution in [1.29, 1.82) is 0 Å². The van der Waals surface area contributed by atoms with Crippen LogP contribution in [0, 0.1) is 0 Å².